The zero-order valence-corrected chi connectivity index (χ0v) is 19.4. The SMILES string of the molecule is Cc1nc(-n2cnnn2)ccc1CC(=O)N1CCN(CCc2ccc3c(c2C)COC3=O)CC1. The Labute approximate surface area is 197 Å². The Kier molecular flexibility index (Phi) is 6.06. The number of rotatable bonds is 6. The van der Waals surface area contributed by atoms with Crippen LogP contribution in [0, 0.1) is 13.8 Å². The van der Waals surface area contributed by atoms with Crippen LogP contribution in [0.3, 0.4) is 0 Å². The molecule has 0 atom stereocenters. The van der Waals surface area contributed by atoms with Crippen molar-refractivity contribution in [3.05, 3.63) is 64.1 Å². The predicted octanol–water partition coefficient (Wildman–Crippen LogP) is 1.27. The number of ether oxygens (including phenoxy) is 1. The Morgan fingerprint density at radius 2 is 1.85 bits per heavy atom. The van der Waals surface area contributed by atoms with Crippen molar-refractivity contribution in [3.8, 4) is 5.82 Å². The number of benzene rings is 1. The quantitative estimate of drug-likeness (QED) is 0.506. The summed E-state index contributed by atoms with van der Waals surface area (Å²) in [7, 11) is 0. The Hall–Kier alpha value is -3.66. The van der Waals surface area contributed by atoms with Crippen LogP contribution in [0.1, 0.15) is 38.3 Å². The van der Waals surface area contributed by atoms with Crippen molar-refractivity contribution in [1.82, 2.24) is 35.0 Å². The lowest BCUT2D eigenvalue weighted by Crippen LogP contribution is -2.49. The molecule has 1 fully saturated rings. The molecule has 5 rings (SSSR count). The molecule has 10 heteroatoms. The fourth-order valence-corrected chi connectivity index (χ4v) is 4.60. The van der Waals surface area contributed by atoms with Crippen LogP contribution in [-0.4, -0.2) is 79.6 Å². The van der Waals surface area contributed by atoms with Crippen molar-refractivity contribution in [2.75, 3.05) is 32.7 Å². The van der Waals surface area contributed by atoms with Crippen LogP contribution < -0.4 is 0 Å². The van der Waals surface area contributed by atoms with E-state index in [9.17, 15) is 9.59 Å². The number of cyclic esters (lactones) is 1. The second-order valence-corrected chi connectivity index (χ2v) is 8.77. The molecule has 3 aromatic rings. The highest BCUT2D eigenvalue weighted by atomic mass is 16.5. The summed E-state index contributed by atoms with van der Waals surface area (Å²) in [6.07, 6.45) is 2.75. The number of fused-ring (bicyclic) bond motifs is 1. The molecule has 176 valence electrons. The molecule has 1 saturated heterocycles. The van der Waals surface area contributed by atoms with Gasteiger partial charge in [0.2, 0.25) is 5.91 Å². The minimum Gasteiger partial charge on any atom is -0.457 e. The summed E-state index contributed by atoms with van der Waals surface area (Å²) >= 11 is 0. The Morgan fingerprint density at radius 1 is 1.06 bits per heavy atom. The van der Waals surface area contributed by atoms with Gasteiger partial charge in [-0.25, -0.2) is 9.78 Å². The summed E-state index contributed by atoms with van der Waals surface area (Å²) in [5.41, 5.74) is 5.85. The number of piperazine rings is 1. The number of aromatic nitrogens is 5. The molecule has 1 aromatic carbocycles. The number of carbonyl (C=O) groups is 2. The molecule has 0 spiro atoms. The van der Waals surface area contributed by atoms with Crippen LogP contribution in [0.5, 0.6) is 0 Å². The molecule has 0 N–H and O–H groups in total. The first kappa shape index (κ1) is 22.1. The van der Waals surface area contributed by atoms with E-state index in [0.717, 1.165) is 61.5 Å². The number of hydrogen-bond acceptors (Lipinski definition) is 8. The first-order chi connectivity index (χ1) is 16.5. The van der Waals surface area contributed by atoms with E-state index in [2.05, 4.69) is 32.3 Å². The Morgan fingerprint density at radius 3 is 2.59 bits per heavy atom. The van der Waals surface area contributed by atoms with Crippen molar-refractivity contribution in [2.24, 2.45) is 0 Å². The second-order valence-electron chi connectivity index (χ2n) is 8.77. The highest BCUT2D eigenvalue weighted by Gasteiger charge is 2.25. The smallest absolute Gasteiger partial charge is 0.338 e. The number of esters is 1. The van der Waals surface area contributed by atoms with Gasteiger partial charge in [-0.2, -0.15) is 4.68 Å². The molecular weight excluding hydrogens is 434 g/mol. The van der Waals surface area contributed by atoms with Gasteiger partial charge in [0.1, 0.15) is 12.9 Å². The van der Waals surface area contributed by atoms with Crippen molar-refractivity contribution in [3.63, 3.8) is 0 Å². The van der Waals surface area contributed by atoms with E-state index < -0.39 is 0 Å². The molecule has 0 saturated carbocycles. The van der Waals surface area contributed by atoms with Gasteiger partial charge in [-0.1, -0.05) is 12.1 Å². The van der Waals surface area contributed by atoms with Gasteiger partial charge >= 0.3 is 5.97 Å². The van der Waals surface area contributed by atoms with E-state index in [1.807, 2.05) is 36.1 Å². The first-order valence-corrected chi connectivity index (χ1v) is 11.5. The van der Waals surface area contributed by atoms with Gasteiger partial charge in [0.05, 0.1) is 12.0 Å². The summed E-state index contributed by atoms with van der Waals surface area (Å²) in [4.78, 5) is 33.5. The normalized spacial score (nSPS) is 15.9. The van der Waals surface area contributed by atoms with E-state index in [0.29, 0.717) is 24.4 Å². The van der Waals surface area contributed by atoms with Gasteiger partial charge < -0.3 is 9.64 Å². The molecule has 4 heterocycles. The zero-order chi connectivity index (χ0) is 23.7. The zero-order valence-electron chi connectivity index (χ0n) is 19.4. The maximum Gasteiger partial charge on any atom is 0.338 e. The van der Waals surface area contributed by atoms with Crippen LogP contribution in [-0.2, 0) is 29.0 Å². The minimum atomic E-state index is -0.222. The predicted molar refractivity (Wildman–Crippen MR) is 122 cm³/mol. The molecule has 0 unspecified atom stereocenters. The third-order valence-electron chi connectivity index (χ3n) is 6.81. The third-order valence-corrected chi connectivity index (χ3v) is 6.81. The van der Waals surface area contributed by atoms with Crippen molar-refractivity contribution in [2.45, 2.75) is 33.3 Å². The molecule has 0 aliphatic carbocycles. The summed E-state index contributed by atoms with van der Waals surface area (Å²) in [5, 5.41) is 11.1. The van der Waals surface area contributed by atoms with Crippen LogP contribution >= 0.6 is 0 Å². The first-order valence-electron chi connectivity index (χ1n) is 11.5. The number of hydrogen-bond donors (Lipinski definition) is 0. The number of nitrogens with zero attached hydrogens (tertiary/aromatic N) is 7. The maximum atomic E-state index is 12.9. The molecule has 1 amide bonds. The summed E-state index contributed by atoms with van der Waals surface area (Å²) in [5.74, 6) is 0.531. The summed E-state index contributed by atoms with van der Waals surface area (Å²) in [6, 6.07) is 7.68. The number of amides is 1. The van der Waals surface area contributed by atoms with E-state index in [4.69, 9.17) is 4.74 Å². The third kappa shape index (κ3) is 4.41. The fraction of sp³-hybridized carbons (Fsp3) is 0.417. The summed E-state index contributed by atoms with van der Waals surface area (Å²) < 4.78 is 6.66. The number of carbonyl (C=O) groups excluding carboxylic acids is 2. The fourth-order valence-electron chi connectivity index (χ4n) is 4.60. The van der Waals surface area contributed by atoms with Gasteiger partial charge in [0, 0.05) is 44.0 Å². The van der Waals surface area contributed by atoms with Crippen LogP contribution in [0.25, 0.3) is 5.82 Å². The van der Waals surface area contributed by atoms with Gasteiger partial charge in [0.25, 0.3) is 0 Å². The minimum absolute atomic E-state index is 0.124. The lowest BCUT2D eigenvalue weighted by atomic mass is 9.96. The van der Waals surface area contributed by atoms with Gasteiger partial charge in [0.15, 0.2) is 5.82 Å². The lowest BCUT2D eigenvalue weighted by Gasteiger charge is -2.35. The van der Waals surface area contributed by atoms with Gasteiger partial charge in [-0.15, -0.1) is 5.10 Å². The second kappa shape index (κ2) is 9.30. The molecule has 2 aromatic heterocycles. The largest absolute Gasteiger partial charge is 0.457 e. The molecule has 2 aliphatic heterocycles. The van der Waals surface area contributed by atoms with E-state index in [1.54, 1.807) is 0 Å². The lowest BCUT2D eigenvalue weighted by molar-refractivity contribution is -0.132. The van der Waals surface area contributed by atoms with Crippen LogP contribution in [0.4, 0.5) is 0 Å². The Bertz CT molecular complexity index is 1220. The van der Waals surface area contributed by atoms with Crippen molar-refractivity contribution >= 4 is 11.9 Å². The van der Waals surface area contributed by atoms with Gasteiger partial charge in [-0.3, -0.25) is 9.69 Å². The molecular formula is C24H27N7O3. The van der Waals surface area contributed by atoms with Crippen LogP contribution in [0.15, 0.2) is 30.6 Å². The standard InChI is InChI=1S/C24H27N7O3/c1-16-18(3-5-20-21(16)14-34-24(20)33)7-8-29-9-11-30(12-10-29)23(32)13-19-4-6-22(26-17(19)2)31-15-25-27-28-31/h3-6,15H,7-14H2,1-2H3. The average Bonchev–Trinajstić information content (AvgIpc) is 3.51. The van der Waals surface area contributed by atoms with E-state index >= 15 is 0 Å². The number of aryl methyl sites for hydroxylation is 1. The maximum absolute atomic E-state index is 12.9. The molecule has 0 radical (unpaired) electrons. The average molecular weight is 462 g/mol. The van der Waals surface area contributed by atoms with Crippen molar-refractivity contribution < 1.29 is 14.3 Å². The van der Waals surface area contributed by atoms with Crippen molar-refractivity contribution in [1.29, 1.82) is 0 Å². The highest BCUT2D eigenvalue weighted by Crippen LogP contribution is 2.26. The highest BCUT2D eigenvalue weighted by molar-refractivity contribution is 5.93. The van der Waals surface area contributed by atoms with Crippen LogP contribution in [0.2, 0.25) is 0 Å². The van der Waals surface area contributed by atoms with E-state index in [1.165, 1.54) is 16.6 Å². The van der Waals surface area contributed by atoms with Gasteiger partial charge in [-0.05, 0) is 59.5 Å². The van der Waals surface area contributed by atoms with E-state index in [-0.39, 0.29) is 11.9 Å². The summed E-state index contributed by atoms with van der Waals surface area (Å²) in [6.45, 7) is 8.43. The molecule has 10 nitrogen and oxygen atoms in total. The molecule has 2 aliphatic rings. The topological polar surface area (TPSA) is 106 Å². The Balaban J connectivity index is 1.12. The molecule has 0 bridgehead atoms. The number of pyridine rings is 1. The monoisotopic (exact) mass is 461 g/mol. The number of tetrazole rings is 1. The molecule has 34 heavy (non-hydrogen) atoms.